The summed E-state index contributed by atoms with van der Waals surface area (Å²) in [4.78, 5) is 0. The first-order valence-electron chi connectivity index (χ1n) is 6.60. The van der Waals surface area contributed by atoms with Gasteiger partial charge in [-0.2, -0.15) is 0 Å². The van der Waals surface area contributed by atoms with Gasteiger partial charge in [0.2, 0.25) is 0 Å². The molecule has 15 heavy (non-hydrogen) atoms. The van der Waals surface area contributed by atoms with E-state index in [0.29, 0.717) is 12.1 Å². The molecule has 1 aliphatic carbocycles. The molecule has 0 amide bonds. The molecule has 1 rings (SSSR count). The Bertz CT molecular complexity index is 151. The third-order valence-corrected chi connectivity index (χ3v) is 3.36. The fraction of sp³-hybridized carbons (Fsp3) is 1.00. The molecule has 2 nitrogen and oxygen atoms in total. The highest BCUT2D eigenvalue weighted by molar-refractivity contribution is 4.80. The molecule has 0 aromatic rings. The Labute approximate surface area is 94.8 Å². The molecule has 1 N–H and O–H groups in total. The molecule has 2 unspecified atom stereocenters. The second-order valence-electron chi connectivity index (χ2n) is 4.70. The molecular formula is C13H27NO. The maximum absolute atomic E-state index is 5.83. The topological polar surface area (TPSA) is 21.3 Å². The van der Waals surface area contributed by atoms with Gasteiger partial charge < -0.3 is 10.1 Å². The van der Waals surface area contributed by atoms with Gasteiger partial charge in [0.15, 0.2) is 0 Å². The van der Waals surface area contributed by atoms with Crippen molar-refractivity contribution in [2.24, 2.45) is 5.92 Å². The van der Waals surface area contributed by atoms with Crippen molar-refractivity contribution >= 4 is 0 Å². The zero-order chi connectivity index (χ0) is 11.1. The number of hydrogen-bond acceptors (Lipinski definition) is 2. The van der Waals surface area contributed by atoms with E-state index in [0.717, 1.165) is 12.5 Å². The van der Waals surface area contributed by atoms with Gasteiger partial charge in [-0.1, -0.05) is 26.2 Å². The van der Waals surface area contributed by atoms with Gasteiger partial charge in [-0.25, -0.2) is 0 Å². The van der Waals surface area contributed by atoms with E-state index in [1.165, 1.54) is 38.5 Å². The molecule has 0 radical (unpaired) electrons. The summed E-state index contributed by atoms with van der Waals surface area (Å²) in [7, 11) is 2.07. The van der Waals surface area contributed by atoms with Crippen molar-refractivity contribution in [2.45, 2.75) is 64.5 Å². The highest BCUT2D eigenvalue weighted by Crippen LogP contribution is 2.34. The minimum atomic E-state index is 0.420. The lowest BCUT2D eigenvalue weighted by Crippen LogP contribution is -2.39. The number of hydrogen-bond donors (Lipinski definition) is 1. The van der Waals surface area contributed by atoms with Crippen LogP contribution in [0.4, 0.5) is 0 Å². The molecule has 0 aromatic heterocycles. The average molecular weight is 213 g/mol. The van der Waals surface area contributed by atoms with Gasteiger partial charge in [0.05, 0.1) is 6.10 Å². The predicted octanol–water partition coefficient (Wildman–Crippen LogP) is 2.97. The van der Waals surface area contributed by atoms with Gasteiger partial charge in [-0.05, 0) is 39.2 Å². The lowest BCUT2D eigenvalue weighted by molar-refractivity contribution is 0.0270. The fourth-order valence-electron chi connectivity index (χ4n) is 2.24. The predicted molar refractivity (Wildman–Crippen MR) is 65.1 cm³/mol. The highest BCUT2D eigenvalue weighted by atomic mass is 16.5. The second-order valence-corrected chi connectivity index (χ2v) is 4.70. The summed E-state index contributed by atoms with van der Waals surface area (Å²) in [6, 6.07) is 0.561. The Hall–Kier alpha value is -0.0800. The van der Waals surface area contributed by atoms with Gasteiger partial charge in [-0.3, -0.25) is 0 Å². The molecule has 1 fully saturated rings. The molecule has 1 aliphatic rings. The molecule has 2 atom stereocenters. The van der Waals surface area contributed by atoms with Gasteiger partial charge in [0.1, 0.15) is 0 Å². The summed E-state index contributed by atoms with van der Waals surface area (Å²) in [6.45, 7) is 5.17. The Morgan fingerprint density at radius 1 is 1.27 bits per heavy atom. The van der Waals surface area contributed by atoms with Crippen LogP contribution < -0.4 is 5.32 Å². The summed E-state index contributed by atoms with van der Waals surface area (Å²) in [5.74, 6) is 1.03. The molecule has 90 valence electrons. The summed E-state index contributed by atoms with van der Waals surface area (Å²) in [6.07, 6.45) is 8.41. The normalized spacial score (nSPS) is 20.2. The van der Waals surface area contributed by atoms with E-state index < -0.39 is 0 Å². The fourth-order valence-corrected chi connectivity index (χ4v) is 2.24. The van der Waals surface area contributed by atoms with Crippen LogP contribution in [0.5, 0.6) is 0 Å². The molecular weight excluding hydrogens is 186 g/mol. The third-order valence-electron chi connectivity index (χ3n) is 3.36. The van der Waals surface area contributed by atoms with Crippen LogP contribution in [0.3, 0.4) is 0 Å². The Balaban J connectivity index is 2.28. The largest absolute Gasteiger partial charge is 0.377 e. The maximum Gasteiger partial charge on any atom is 0.0727 e. The van der Waals surface area contributed by atoms with E-state index in [1.54, 1.807) is 0 Å². The van der Waals surface area contributed by atoms with Crippen LogP contribution in [0, 0.1) is 5.92 Å². The molecule has 0 heterocycles. The molecule has 0 bridgehead atoms. The van der Waals surface area contributed by atoms with Crippen molar-refractivity contribution in [3.05, 3.63) is 0 Å². The summed E-state index contributed by atoms with van der Waals surface area (Å²) >= 11 is 0. The first kappa shape index (κ1) is 13.0. The van der Waals surface area contributed by atoms with Gasteiger partial charge in [-0.15, -0.1) is 0 Å². The van der Waals surface area contributed by atoms with E-state index in [4.69, 9.17) is 4.74 Å². The Morgan fingerprint density at radius 3 is 2.47 bits per heavy atom. The van der Waals surface area contributed by atoms with E-state index in [1.807, 2.05) is 0 Å². The second kappa shape index (κ2) is 7.24. The number of ether oxygens (including phenoxy) is 1. The summed E-state index contributed by atoms with van der Waals surface area (Å²) in [5.41, 5.74) is 0. The van der Waals surface area contributed by atoms with Crippen LogP contribution in [-0.2, 0) is 4.74 Å². The summed E-state index contributed by atoms with van der Waals surface area (Å²) in [5, 5.41) is 3.43. The lowest BCUT2D eigenvalue weighted by atomic mass is 10.00. The highest BCUT2D eigenvalue weighted by Gasteiger charge is 2.25. The lowest BCUT2D eigenvalue weighted by Gasteiger charge is -2.26. The number of nitrogens with one attached hydrogen (secondary N) is 1. The molecule has 1 saturated carbocycles. The van der Waals surface area contributed by atoms with Crippen LogP contribution >= 0.6 is 0 Å². The zero-order valence-electron chi connectivity index (χ0n) is 10.6. The third kappa shape index (κ3) is 4.98. The molecule has 0 aromatic carbocycles. The minimum absolute atomic E-state index is 0.420. The van der Waals surface area contributed by atoms with E-state index in [9.17, 15) is 0 Å². The van der Waals surface area contributed by atoms with Crippen LogP contribution in [-0.4, -0.2) is 25.8 Å². The van der Waals surface area contributed by atoms with Crippen molar-refractivity contribution in [3.8, 4) is 0 Å². The smallest absolute Gasteiger partial charge is 0.0727 e. The van der Waals surface area contributed by atoms with Gasteiger partial charge in [0, 0.05) is 12.6 Å². The van der Waals surface area contributed by atoms with Crippen molar-refractivity contribution in [1.29, 1.82) is 0 Å². The van der Waals surface area contributed by atoms with E-state index >= 15 is 0 Å². The number of likely N-dealkylation sites (N-methyl/N-ethyl adjacent to an activating group) is 1. The van der Waals surface area contributed by atoms with Crippen molar-refractivity contribution in [2.75, 3.05) is 13.7 Å². The Morgan fingerprint density at radius 2 is 2.00 bits per heavy atom. The van der Waals surface area contributed by atoms with Crippen molar-refractivity contribution < 1.29 is 4.74 Å². The first-order valence-corrected chi connectivity index (χ1v) is 6.60. The van der Waals surface area contributed by atoms with Crippen LogP contribution in [0.25, 0.3) is 0 Å². The first-order chi connectivity index (χ1) is 7.31. The number of rotatable bonds is 9. The minimum Gasteiger partial charge on any atom is -0.377 e. The molecule has 0 spiro atoms. The maximum atomic E-state index is 5.83. The van der Waals surface area contributed by atoms with Gasteiger partial charge in [0.25, 0.3) is 0 Å². The van der Waals surface area contributed by atoms with Crippen molar-refractivity contribution in [3.63, 3.8) is 0 Å². The zero-order valence-corrected chi connectivity index (χ0v) is 10.6. The monoisotopic (exact) mass is 213 g/mol. The summed E-state index contributed by atoms with van der Waals surface area (Å²) < 4.78 is 5.83. The average Bonchev–Trinajstić information content (AvgIpc) is 3.03. The molecule has 0 saturated heterocycles. The molecule has 2 heteroatoms. The van der Waals surface area contributed by atoms with E-state index in [2.05, 4.69) is 26.2 Å². The SMILES string of the molecule is CCCC(OCC)C(CCC1CC1)NC. The van der Waals surface area contributed by atoms with Crippen LogP contribution in [0.1, 0.15) is 52.4 Å². The van der Waals surface area contributed by atoms with Crippen LogP contribution in [0.2, 0.25) is 0 Å². The van der Waals surface area contributed by atoms with Crippen LogP contribution in [0.15, 0.2) is 0 Å². The van der Waals surface area contributed by atoms with E-state index in [-0.39, 0.29) is 0 Å². The molecule has 0 aliphatic heterocycles. The standard InChI is InChI=1S/C13H27NO/c1-4-6-13(15-5-2)12(14-3)10-9-11-7-8-11/h11-14H,4-10H2,1-3H3. The quantitative estimate of drug-likeness (QED) is 0.636. The van der Waals surface area contributed by atoms with Gasteiger partial charge >= 0.3 is 0 Å². The Kier molecular flexibility index (Phi) is 6.26. The van der Waals surface area contributed by atoms with Crippen molar-refractivity contribution in [1.82, 2.24) is 5.32 Å².